The van der Waals surface area contributed by atoms with E-state index < -0.39 is 0 Å². The molecule has 0 bridgehead atoms. The van der Waals surface area contributed by atoms with E-state index in [1.54, 1.807) is 16.8 Å². The van der Waals surface area contributed by atoms with Crippen molar-refractivity contribution in [2.24, 2.45) is 0 Å². The Morgan fingerprint density at radius 3 is 2.70 bits per heavy atom. The maximum absolute atomic E-state index is 12.6. The van der Waals surface area contributed by atoms with Crippen LogP contribution in [0.2, 0.25) is 0 Å². The van der Waals surface area contributed by atoms with Crippen molar-refractivity contribution in [3.05, 3.63) is 59.0 Å². The average Bonchev–Trinajstić information content (AvgIpc) is 3.34. The van der Waals surface area contributed by atoms with Crippen LogP contribution < -0.4 is 5.32 Å². The molecule has 2 heterocycles. The number of carbonyl (C=O) groups is 1. The third kappa shape index (κ3) is 3.46. The zero-order valence-corrected chi connectivity index (χ0v) is 16.0. The molecule has 1 amide bonds. The number of benzene rings is 2. The number of hydrogen-bond acceptors (Lipinski definition) is 5. The fourth-order valence-corrected chi connectivity index (χ4v) is 3.61. The standard InChI is InChI=1S/C20H19N5OS/c1-3-13-5-7-14(8-6-13)17-12-27-20(21-17)22-19(26)15-9-10-18-16(11-15)23-24-25(18)4-2/h5-12H,3-4H2,1-2H3,(H,21,22,26). The van der Waals surface area contributed by atoms with Crippen molar-refractivity contribution in [1.82, 2.24) is 20.0 Å². The van der Waals surface area contributed by atoms with E-state index in [0.717, 1.165) is 29.7 Å². The van der Waals surface area contributed by atoms with Crippen LogP contribution in [0.4, 0.5) is 5.13 Å². The molecule has 0 spiro atoms. The first-order valence-corrected chi connectivity index (χ1v) is 9.75. The molecule has 1 N–H and O–H groups in total. The molecule has 6 nitrogen and oxygen atoms in total. The van der Waals surface area contributed by atoms with Crippen LogP contribution in [0.5, 0.6) is 0 Å². The lowest BCUT2D eigenvalue weighted by Gasteiger charge is -2.02. The molecule has 4 aromatic rings. The number of nitrogens with one attached hydrogen (secondary N) is 1. The van der Waals surface area contributed by atoms with Gasteiger partial charge in [0.15, 0.2) is 5.13 Å². The highest BCUT2D eigenvalue weighted by Gasteiger charge is 2.12. The van der Waals surface area contributed by atoms with Crippen LogP contribution in [0.3, 0.4) is 0 Å². The number of nitrogens with zero attached hydrogens (tertiary/aromatic N) is 4. The van der Waals surface area contributed by atoms with Crippen LogP contribution in [0, 0.1) is 0 Å². The van der Waals surface area contributed by atoms with Crippen molar-refractivity contribution >= 4 is 33.4 Å². The summed E-state index contributed by atoms with van der Waals surface area (Å²) in [5, 5.41) is 13.6. The van der Waals surface area contributed by atoms with E-state index >= 15 is 0 Å². The van der Waals surface area contributed by atoms with Crippen molar-refractivity contribution in [1.29, 1.82) is 0 Å². The summed E-state index contributed by atoms with van der Waals surface area (Å²) in [5.74, 6) is -0.204. The van der Waals surface area contributed by atoms with Gasteiger partial charge in [0.1, 0.15) is 5.52 Å². The third-order valence-electron chi connectivity index (χ3n) is 4.46. The van der Waals surface area contributed by atoms with Gasteiger partial charge in [0.05, 0.1) is 11.2 Å². The van der Waals surface area contributed by atoms with E-state index in [1.165, 1.54) is 16.9 Å². The molecule has 0 unspecified atom stereocenters. The molecule has 27 heavy (non-hydrogen) atoms. The van der Waals surface area contributed by atoms with Crippen LogP contribution in [-0.2, 0) is 13.0 Å². The second-order valence-corrected chi connectivity index (χ2v) is 7.01. The highest BCUT2D eigenvalue weighted by atomic mass is 32.1. The van der Waals surface area contributed by atoms with Crippen molar-refractivity contribution in [2.75, 3.05) is 5.32 Å². The van der Waals surface area contributed by atoms with Gasteiger partial charge in [-0.2, -0.15) is 0 Å². The van der Waals surface area contributed by atoms with E-state index in [4.69, 9.17) is 0 Å². The number of aromatic nitrogens is 4. The summed E-state index contributed by atoms with van der Waals surface area (Å²) in [4.78, 5) is 17.1. The number of hydrogen-bond donors (Lipinski definition) is 1. The second-order valence-electron chi connectivity index (χ2n) is 6.15. The van der Waals surface area contributed by atoms with Crippen LogP contribution >= 0.6 is 11.3 Å². The molecule has 0 saturated carbocycles. The molecule has 7 heteroatoms. The van der Waals surface area contributed by atoms with Crippen LogP contribution in [0.25, 0.3) is 22.3 Å². The van der Waals surface area contributed by atoms with Gasteiger partial charge < -0.3 is 0 Å². The van der Waals surface area contributed by atoms with Crippen molar-refractivity contribution in [3.8, 4) is 11.3 Å². The highest BCUT2D eigenvalue weighted by Crippen LogP contribution is 2.26. The molecule has 0 aliphatic carbocycles. The van der Waals surface area contributed by atoms with E-state index in [9.17, 15) is 4.79 Å². The molecule has 0 radical (unpaired) electrons. The molecule has 4 rings (SSSR count). The normalized spacial score (nSPS) is 11.0. The van der Waals surface area contributed by atoms with E-state index in [-0.39, 0.29) is 5.91 Å². The summed E-state index contributed by atoms with van der Waals surface area (Å²) in [6.45, 7) is 4.87. The number of amides is 1. The Morgan fingerprint density at radius 1 is 1.15 bits per heavy atom. The van der Waals surface area contributed by atoms with Crippen LogP contribution in [0.1, 0.15) is 29.8 Å². The summed E-state index contributed by atoms with van der Waals surface area (Å²) in [6, 6.07) is 13.7. The number of thiazole rings is 1. The Hall–Kier alpha value is -3.06. The monoisotopic (exact) mass is 377 g/mol. The lowest BCUT2D eigenvalue weighted by atomic mass is 10.1. The van der Waals surface area contributed by atoms with Gasteiger partial charge in [-0.1, -0.05) is 36.4 Å². The SMILES string of the molecule is CCc1ccc(-c2csc(NC(=O)c3ccc4c(c3)nnn4CC)n2)cc1. The summed E-state index contributed by atoms with van der Waals surface area (Å²) in [6.07, 6.45) is 1.01. The smallest absolute Gasteiger partial charge is 0.257 e. The fourth-order valence-electron chi connectivity index (χ4n) is 2.89. The minimum absolute atomic E-state index is 0.204. The predicted octanol–water partition coefficient (Wildman–Crippen LogP) is 4.39. The Bertz CT molecular complexity index is 1100. The summed E-state index contributed by atoms with van der Waals surface area (Å²) < 4.78 is 1.80. The zero-order valence-electron chi connectivity index (χ0n) is 15.1. The summed E-state index contributed by atoms with van der Waals surface area (Å²) >= 11 is 1.41. The maximum atomic E-state index is 12.6. The molecule has 0 fully saturated rings. The number of carbonyl (C=O) groups excluding carboxylic acids is 1. The Morgan fingerprint density at radius 2 is 1.96 bits per heavy atom. The molecule has 136 valence electrons. The van der Waals surface area contributed by atoms with Gasteiger partial charge in [0.25, 0.3) is 5.91 Å². The number of rotatable bonds is 5. The molecule has 0 atom stereocenters. The molecular formula is C20H19N5OS. The highest BCUT2D eigenvalue weighted by molar-refractivity contribution is 7.14. The van der Waals surface area contributed by atoms with Gasteiger partial charge in [-0.15, -0.1) is 16.4 Å². The topological polar surface area (TPSA) is 72.7 Å². The third-order valence-corrected chi connectivity index (χ3v) is 5.22. The van der Waals surface area contributed by atoms with E-state index in [2.05, 4.69) is 51.8 Å². The first kappa shape index (κ1) is 17.4. The Labute approximate surface area is 160 Å². The largest absolute Gasteiger partial charge is 0.298 e. The van der Waals surface area contributed by atoms with Gasteiger partial charge in [-0.3, -0.25) is 10.1 Å². The molecule has 2 aromatic carbocycles. The number of fused-ring (bicyclic) bond motifs is 1. The Kier molecular flexibility index (Phi) is 4.68. The first-order chi connectivity index (χ1) is 13.2. The lowest BCUT2D eigenvalue weighted by molar-refractivity contribution is 0.102. The Balaban J connectivity index is 1.52. The molecule has 0 aliphatic rings. The minimum Gasteiger partial charge on any atom is -0.298 e. The fraction of sp³-hybridized carbons (Fsp3) is 0.200. The van der Waals surface area contributed by atoms with Crippen LogP contribution in [-0.4, -0.2) is 25.9 Å². The van der Waals surface area contributed by atoms with E-state index in [1.807, 2.05) is 18.4 Å². The van der Waals surface area contributed by atoms with E-state index in [0.29, 0.717) is 16.2 Å². The molecule has 2 aromatic heterocycles. The molecule has 0 aliphatic heterocycles. The van der Waals surface area contributed by atoms with Crippen molar-refractivity contribution in [3.63, 3.8) is 0 Å². The van der Waals surface area contributed by atoms with Gasteiger partial charge in [-0.05, 0) is 37.1 Å². The average molecular weight is 377 g/mol. The maximum Gasteiger partial charge on any atom is 0.257 e. The number of aryl methyl sites for hydroxylation is 2. The first-order valence-electron chi connectivity index (χ1n) is 8.87. The number of anilines is 1. The van der Waals surface area contributed by atoms with Crippen LogP contribution in [0.15, 0.2) is 47.8 Å². The summed E-state index contributed by atoms with van der Waals surface area (Å²) in [5.41, 5.74) is 5.36. The van der Waals surface area contributed by atoms with Gasteiger partial charge >= 0.3 is 0 Å². The van der Waals surface area contributed by atoms with Gasteiger partial charge in [0.2, 0.25) is 0 Å². The second kappa shape index (κ2) is 7.28. The van der Waals surface area contributed by atoms with Gasteiger partial charge in [-0.25, -0.2) is 9.67 Å². The zero-order chi connectivity index (χ0) is 18.8. The molecule has 0 saturated heterocycles. The molecular weight excluding hydrogens is 358 g/mol. The lowest BCUT2D eigenvalue weighted by Crippen LogP contribution is -2.11. The predicted molar refractivity (Wildman–Crippen MR) is 108 cm³/mol. The quantitative estimate of drug-likeness (QED) is 0.560. The van der Waals surface area contributed by atoms with Gasteiger partial charge in [0, 0.05) is 23.1 Å². The minimum atomic E-state index is -0.204. The van der Waals surface area contributed by atoms with Crippen molar-refractivity contribution < 1.29 is 4.79 Å². The van der Waals surface area contributed by atoms with Crippen molar-refractivity contribution in [2.45, 2.75) is 26.8 Å². The summed E-state index contributed by atoms with van der Waals surface area (Å²) in [7, 11) is 0.